The quantitative estimate of drug-likeness (QED) is 0.340. The van der Waals surface area contributed by atoms with Crippen LogP contribution in [-0.2, 0) is 26.2 Å². The fourth-order valence-electron chi connectivity index (χ4n) is 6.90. The smallest absolute Gasteiger partial charge is 0.248 e. The fraction of sp³-hybridized carbons (Fsp3) is 0.576. The minimum absolute atomic E-state index is 0.0588. The summed E-state index contributed by atoms with van der Waals surface area (Å²) >= 11 is 0. The van der Waals surface area contributed by atoms with Crippen LogP contribution in [0.2, 0.25) is 0 Å². The Labute approximate surface area is 261 Å². The highest BCUT2D eigenvalue weighted by atomic mass is 32.2. The topological polar surface area (TPSA) is 128 Å². The van der Waals surface area contributed by atoms with Crippen molar-refractivity contribution >= 4 is 27.5 Å². The van der Waals surface area contributed by atoms with Crippen molar-refractivity contribution in [2.75, 3.05) is 30.6 Å². The standard InChI is InChI=1S/C33H46N4O6S/c1-3-4-20-37-31(39)29(30(38)25-8-6-5-7-9-25)34-32(40)33(37)18-21-36(22-19-33)23-24-10-14-27(15-11-24)43-28-16-12-26(13-17-28)35-44(2,41)42/h10-17,25,29-30,35,38H,3-9,18-23H2,1-2H3,(H,34,40)/t29-,30-/m1/s1. The van der Waals surface area contributed by atoms with Crippen LogP contribution in [0.5, 0.6) is 11.5 Å². The Bertz CT molecular complexity index is 1380. The van der Waals surface area contributed by atoms with Gasteiger partial charge in [0.05, 0.1) is 12.4 Å². The van der Waals surface area contributed by atoms with Crippen molar-refractivity contribution in [3.05, 3.63) is 54.1 Å². The van der Waals surface area contributed by atoms with Crippen molar-refractivity contribution in [1.82, 2.24) is 15.1 Å². The number of hydrogen-bond donors (Lipinski definition) is 3. The first-order valence-electron chi connectivity index (χ1n) is 16.0. The molecule has 10 nitrogen and oxygen atoms in total. The van der Waals surface area contributed by atoms with Gasteiger partial charge in [0.2, 0.25) is 21.8 Å². The van der Waals surface area contributed by atoms with E-state index in [2.05, 4.69) is 21.9 Å². The largest absolute Gasteiger partial charge is 0.457 e. The highest BCUT2D eigenvalue weighted by Crippen LogP contribution is 2.36. The molecule has 3 aliphatic rings. The van der Waals surface area contributed by atoms with E-state index in [0.717, 1.165) is 63.3 Å². The van der Waals surface area contributed by atoms with Crippen LogP contribution in [0.15, 0.2) is 48.5 Å². The number of unbranched alkanes of at least 4 members (excludes halogenated alkanes) is 1. The minimum Gasteiger partial charge on any atom is -0.457 e. The predicted molar refractivity (Wildman–Crippen MR) is 170 cm³/mol. The Balaban J connectivity index is 1.18. The van der Waals surface area contributed by atoms with Gasteiger partial charge in [-0.1, -0.05) is 44.7 Å². The lowest BCUT2D eigenvalue weighted by Crippen LogP contribution is -2.75. The van der Waals surface area contributed by atoms with Gasteiger partial charge < -0.3 is 20.1 Å². The summed E-state index contributed by atoms with van der Waals surface area (Å²) in [5.41, 5.74) is 0.720. The highest BCUT2D eigenvalue weighted by Gasteiger charge is 2.55. The molecule has 0 radical (unpaired) electrons. The van der Waals surface area contributed by atoms with Gasteiger partial charge in [-0.15, -0.1) is 0 Å². The monoisotopic (exact) mass is 626 g/mol. The second kappa shape index (κ2) is 13.9. The summed E-state index contributed by atoms with van der Waals surface area (Å²) in [5, 5.41) is 14.2. The van der Waals surface area contributed by atoms with E-state index in [1.807, 2.05) is 29.2 Å². The van der Waals surface area contributed by atoms with Crippen molar-refractivity contribution < 1.29 is 27.9 Å². The fourth-order valence-corrected chi connectivity index (χ4v) is 7.46. The van der Waals surface area contributed by atoms with Gasteiger partial charge in [0.15, 0.2) is 0 Å². The number of piperazine rings is 1. The van der Waals surface area contributed by atoms with E-state index in [1.165, 1.54) is 0 Å². The highest BCUT2D eigenvalue weighted by molar-refractivity contribution is 7.92. The molecule has 3 fully saturated rings. The Kier molecular flexibility index (Phi) is 10.2. The normalized spacial score (nSPS) is 22.1. The average Bonchev–Trinajstić information content (AvgIpc) is 3.01. The van der Waals surface area contributed by atoms with E-state index in [-0.39, 0.29) is 17.7 Å². The molecule has 240 valence electrons. The Hall–Kier alpha value is -3.15. The number of amides is 2. The number of anilines is 1. The summed E-state index contributed by atoms with van der Waals surface area (Å²) in [6, 6.07) is 13.7. The van der Waals surface area contributed by atoms with E-state index in [4.69, 9.17) is 4.74 Å². The molecule has 2 saturated heterocycles. The first-order valence-corrected chi connectivity index (χ1v) is 17.8. The third kappa shape index (κ3) is 7.55. The number of carbonyl (C=O) groups excluding carboxylic acids is 2. The van der Waals surface area contributed by atoms with Gasteiger partial charge in [0.1, 0.15) is 23.1 Å². The van der Waals surface area contributed by atoms with E-state index >= 15 is 0 Å². The molecule has 1 saturated carbocycles. The predicted octanol–water partition coefficient (Wildman–Crippen LogP) is 4.25. The van der Waals surface area contributed by atoms with Crippen LogP contribution in [0.25, 0.3) is 0 Å². The van der Waals surface area contributed by atoms with Crippen molar-refractivity contribution in [2.45, 2.75) is 88.9 Å². The van der Waals surface area contributed by atoms with Crippen molar-refractivity contribution in [2.24, 2.45) is 5.92 Å². The van der Waals surface area contributed by atoms with Crippen LogP contribution in [0.3, 0.4) is 0 Å². The van der Waals surface area contributed by atoms with Gasteiger partial charge in [-0.25, -0.2) is 8.42 Å². The molecular formula is C33H46N4O6S. The molecule has 2 aliphatic heterocycles. The Morgan fingerprint density at radius 2 is 1.61 bits per heavy atom. The Morgan fingerprint density at radius 1 is 1.00 bits per heavy atom. The van der Waals surface area contributed by atoms with E-state index in [9.17, 15) is 23.1 Å². The molecule has 2 aromatic rings. The maximum absolute atomic E-state index is 13.8. The third-order valence-electron chi connectivity index (χ3n) is 9.37. The van der Waals surface area contributed by atoms with Gasteiger partial charge in [0, 0.05) is 31.9 Å². The number of nitrogens with zero attached hydrogens (tertiary/aromatic N) is 2. The molecule has 44 heavy (non-hydrogen) atoms. The van der Waals surface area contributed by atoms with Crippen LogP contribution in [0.4, 0.5) is 5.69 Å². The zero-order valence-corrected chi connectivity index (χ0v) is 26.7. The molecule has 2 amide bonds. The summed E-state index contributed by atoms with van der Waals surface area (Å²) < 4.78 is 31.2. The van der Waals surface area contributed by atoms with Gasteiger partial charge in [0.25, 0.3) is 0 Å². The molecule has 1 aliphatic carbocycles. The molecule has 0 aromatic heterocycles. The SMILES string of the molecule is CCCCN1C(=O)[C@@H]([C@H](O)C2CCCCC2)NC(=O)C12CCN(Cc1ccc(Oc3ccc(NS(C)(=O)=O)cc3)cc1)CC2. The van der Waals surface area contributed by atoms with Crippen LogP contribution >= 0.6 is 0 Å². The van der Waals surface area contributed by atoms with Gasteiger partial charge in [-0.05, 0) is 80.0 Å². The third-order valence-corrected chi connectivity index (χ3v) is 9.98. The van der Waals surface area contributed by atoms with Crippen molar-refractivity contribution in [3.63, 3.8) is 0 Å². The number of sulfonamides is 1. The number of carbonyl (C=O) groups is 2. The summed E-state index contributed by atoms with van der Waals surface area (Å²) in [7, 11) is -3.34. The van der Waals surface area contributed by atoms with E-state index in [0.29, 0.717) is 49.7 Å². The molecule has 2 atom stereocenters. The lowest BCUT2D eigenvalue weighted by molar-refractivity contribution is -0.166. The average molecular weight is 627 g/mol. The number of nitrogens with one attached hydrogen (secondary N) is 2. The lowest BCUT2D eigenvalue weighted by atomic mass is 9.78. The second-order valence-corrected chi connectivity index (χ2v) is 14.4. The van der Waals surface area contributed by atoms with E-state index < -0.39 is 27.7 Å². The van der Waals surface area contributed by atoms with Gasteiger partial charge in [-0.3, -0.25) is 19.2 Å². The molecule has 2 aromatic carbocycles. The zero-order chi connectivity index (χ0) is 31.3. The molecule has 11 heteroatoms. The van der Waals surface area contributed by atoms with Crippen LogP contribution in [0, 0.1) is 5.92 Å². The molecule has 1 spiro atoms. The zero-order valence-electron chi connectivity index (χ0n) is 25.8. The number of aliphatic hydroxyl groups is 1. The van der Waals surface area contributed by atoms with E-state index in [1.54, 1.807) is 24.3 Å². The van der Waals surface area contributed by atoms with Crippen LogP contribution < -0.4 is 14.8 Å². The number of benzene rings is 2. The Morgan fingerprint density at radius 3 is 2.20 bits per heavy atom. The molecule has 5 rings (SSSR count). The second-order valence-electron chi connectivity index (χ2n) is 12.6. The molecular weight excluding hydrogens is 580 g/mol. The molecule has 0 bridgehead atoms. The first-order chi connectivity index (χ1) is 21.1. The molecule has 3 N–H and O–H groups in total. The number of hydrogen-bond acceptors (Lipinski definition) is 7. The lowest BCUT2D eigenvalue weighted by Gasteiger charge is -2.52. The summed E-state index contributed by atoms with van der Waals surface area (Å²) in [6.07, 6.45) is 8.24. The number of rotatable bonds is 11. The van der Waals surface area contributed by atoms with Crippen molar-refractivity contribution in [1.29, 1.82) is 0 Å². The summed E-state index contributed by atoms with van der Waals surface area (Å²) in [6.45, 7) is 4.71. The first kappa shape index (κ1) is 32.2. The number of likely N-dealkylation sites (tertiary alicyclic amines) is 1. The number of aliphatic hydroxyl groups excluding tert-OH is 1. The summed E-state index contributed by atoms with van der Waals surface area (Å²) in [5.74, 6) is 1.09. The number of piperidine rings is 1. The van der Waals surface area contributed by atoms with Gasteiger partial charge in [-0.2, -0.15) is 0 Å². The number of ether oxygens (including phenoxy) is 1. The molecule has 2 heterocycles. The maximum Gasteiger partial charge on any atom is 0.248 e. The molecule has 0 unspecified atom stereocenters. The maximum atomic E-state index is 13.8. The van der Waals surface area contributed by atoms with Crippen LogP contribution in [-0.4, -0.2) is 78.7 Å². The minimum atomic E-state index is -3.34. The van der Waals surface area contributed by atoms with Crippen LogP contribution in [0.1, 0.15) is 70.3 Å². The van der Waals surface area contributed by atoms with Gasteiger partial charge >= 0.3 is 0 Å². The summed E-state index contributed by atoms with van der Waals surface area (Å²) in [4.78, 5) is 31.7. The van der Waals surface area contributed by atoms with Crippen molar-refractivity contribution in [3.8, 4) is 11.5 Å².